The Balaban J connectivity index is 3.34. The molecule has 0 atom stereocenters. The lowest BCUT2D eigenvalue weighted by molar-refractivity contribution is 0.181. The normalized spacial score (nSPS) is 12.2. The maximum absolute atomic E-state index is 12.3. The minimum Gasteiger partial charge on any atom is -0.383 e. The number of aromatic nitrogens is 2. The van der Waals surface area contributed by atoms with Crippen molar-refractivity contribution in [3.05, 3.63) is 27.7 Å². The first-order chi connectivity index (χ1) is 8.27. The van der Waals surface area contributed by atoms with Gasteiger partial charge in [0.1, 0.15) is 0 Å². The van der Waals surface area contributed by atoms with E-state index in [0.717, 1.165) is 5.69 Å². The molecular weight excluding hydrogens is 230 g/mol. The van der Waals surface area contributed by atoms with Crippen molar-refractivity contribution in [1.29, 1.82) is 0 Å². The van der Waals surface area contributed by atoms with Crippen LogP contribution in [0.5, 0.6) is 0 Å². The topological polar surface area (TPSA) is 70.1 Å². The van der Waals surface area contributed by atoms with E-state index in [9.17, 15) is 4.79 Å². The molecule has 1 aromatic rings. The number of methoxy groups -OCH3 is 1. The molecule has 0 aliphatic carbocycles. The van der Waals surface area contributed by atoms with Crippen LogP contribution in [0, 0.1) is 0 Å². The summed E-state index contributed by atoms with van der Waals surface area (Å²) >= 11 is 0. The van der Waals surface area contributed by atoms with Gasteiger partial charge in [0.15, 0.2) is 0 Å². The fourth-order valence-electron chi connectivity index (χ4n) is 1.64. The first-order valence-electron chi connectivity index (χ1n) is 6.17. The number of nitrogens with zero attached hydrogens (tertiary/aromatic N) is 2. The highest BCUT2D eigenvalue weighted by Crippen LogP contribution is 2.17. The summed E-state index contributed by atoms with van der Waals surface area (Å²) in [4.78, 5) is 12.3. The molecule has 0 fully saturated rings. The van der Waals surface area contributed by atoms with Crippen LogP contribution in [-0.4, -0.2) is 23.5 Å². The van der Waals surface area contributed by atoms with Crippen molar-refractivity contribution in [2.24, 2.45) is 5.73 Å². The Labute approximate surface area is 108 Å². The average Bonchev–Trinajstić information content (AvgIpc) is 2.25. The van der Waals surface area contributed by atoms with Crippen LogP contribution in [0.2, 0.25) is 0 Å². The summed E-state index contributed by atoms with van der Waals surface area (Å²) in [5, 5.41) is 4.35. The van der Waals surface area contributed by atoms with Crippen molar-refractivity contribution < 1.29 is 4.74 Å². The summed E-state index contributed by atoms with van der Waals surface area (Å²) in [6, 6.07) is 1.82. The first-order valence-corrected chi connectivity index (χ1v) is 6.17. The van der Waals surface area contributed by atoms with Crippen molar-refractivity contribution in [2.45, 2.75) is 45.7 Å². The van der Waals surface area contributed by atoms with Gasteiger partial charge in [0, 0.05) is 18.2 Å². The molecule has 102 valence electrons. The fraction of sp³-hybridized carbons (Fsp3) is 0.692. The Morgan fingerprint density at radius 1 is 1.50 bits per heavy atom. The lowest BCUT2D eigenvalue weighted by atomic mass is 9.95. The molecule has 0 unspecified atom stereocenters. The second-order valence-corrected chi connectivity index (χ2v) is 5.38. The van der Waals surface area contributed by atoms with Gasteiger partial charge in [-0.15, -0.1) is 0 Å². The number of ether oxygens (including phenoxy) is 1. The van der Waals surface area contributed by atoms with Crippen LogP contribution in [0.1, 0.15) is 44.9 Å². The van der Waals surface area contributed by atoms with E-state index in [-0.39, 0.29) is 11.5 Å². The maximum Gasteiger partial charge on any atom is 0.271 e. The van der Waals surface area contributed by atoms with Crippen LogP contribution in [0.3, 0.4) is 0 Å². The lowest BCUT2D eigenvalue weighted by Crippen LogP contribution is -2.40. The maximum atomic E-state index is 12.3. The summed E-state index contributed by atoms with van der Waals surface area (Å²) in [6.07, 6.45) is 0. The molecule has 18 heavy (non-hydrogen) atoms. The summed E-state index contributed by atoms with van der Waals surface area (Å²) in [5.41, 5.74) is 6.72. The van der Waals surface area contributed by atoms with Gasteiger partial charge < -0.3 is 10.5 Å². The van der Waals surface area contributed by atoms with Crippen LogP contribution < -0.4 is 11.3 Å². The highest BCUT2D eigenvalue weighted by Gasteiger charge is 2.21. The second-order valence-electron chi connectivity index (χ2n) is 5.38. The van der Waals surface area contributed by atoms with E-state index in [1.807, 2.05) is 33.8 Å². The lowest BCUT2D eigenvalue weighted by Gasteiger charge is -2.21. The van der Waals surface area contributed by atoms with Gasteiger partial charge >= 0.3 is 0 Å². The minimum atomic E-state index is -0.668. The molecule has 5 nitrogen and oxygen atoms in total. The predicted octanol–water partition coefficient (Wildman–Crippen LogP) is 1.21. The summed E-state index contributed by atoms with van der Waals surface area (Å²) in [6.45, 7) is 8.64. The van der Waals surface area contributed by atoms with Crippen molar-refractivity contribution >= 4 is 0 Å². The highest BCUT2D eigenvalue weighted by atomic mass is 16.5. The van der Waals surface area contributed by atoms with Gasteiger partial charge in [-0.05, 0) is 25.8 Å². The third-order valence-electron chi connectivity index (χ3n) is 2.79. The van der Waals surface area contributed by atoms with Crippen molar-refractivity contribution in [3.63, 3.8) is 0 Å². The summed E-state index contributed by atoms with van der Waals surface area (Å²) in [5.74, 6) is 0.250. The van der Waals surface area contributed by atoms with Crippen LogP contribution in [0.15, 0.2) is 10.9 Å². The van der Waals surface area contributed by atoms with Crippen LogP contribution >= 0.6 is 0 Å². The molecule has 0 aromatic carbocycles. The molecule has 0 aliphatic rings. The van der Waals surface area contributed by atoms with E-state index in [1.54, 1.807) is 7.11 Å². The number of hydrogen-bond acceptors (Lipinski definition) is 4. The zero-order valence-electron chi connectivity index (χ0n) is 11.9. The van der Waals surface area contributed by atoms with Gasteiger partial charge in [0.2, 0.25) is 0 Å². The van der Waals surface area contributed by atoms with Gasteiger partial charge in [-0.1, -0.05) is 13.8 Å². The molecular formula is C13H23N3O2. The third kappa shape index (κ3) is 3.40. The van der Waals surface area contributed by atoms with Gasteiger partial charge in [0.25, 0.3) is 5.56 Å². The van der Waals surface area contributed by atoms with E-state index in [1.165, 1.54) is 4.68 Å². The molecule has 0 aliphatic heterocycles. The molecule has 0 bridgehead atoms. The van der Waals surface area contributed by atoms with Gasteiger partial charge in [0.05, 0.1) is 18.8 Å². The molecule has 5 heteroatoms. The van der Waals surface area contributed by atoms with E-state index in [2.05, 4.69) is 5.10 Å². The Hall–Kier alpha value is -1.20. The van der Waals surface area contributed by atoms with Crippen LogP contribution in [0.25, 0.3) is 0 Å². The van der Waals surface area contributed by atoms with E-state index >= 15 is 0 Å². The Morgan fingerprint density at radius 3 is 2.56 bits per heavy atom. The number of nitrogens with two attached hydrogens (primary N) is 1. The number of rotatable bonds is 5. The molecule has 0 radical (unpaired) electrons. The largest absolute Gasteiger partial charge is 0.383 e. The van der Waals surface area contributed by atoms with Crippen LogP contribution in [-0.2, 0) is 16.8 Å². The van der Waals surface area contributed by atoms with Crippen molar-refractivity contribution in [1.82, 2.24) is 9.78 Å². The van der Waals surface area contributed by atoms with E-state index < -0.39 is 5.54 Å². The SMILES string of the molecule is COCCn1nc(C(C)C)cc(C(C)(C)N)c1=O. The second kappa shape index (κ2) is 5.63. The van der Waals surface area contributed by atoms with E-state index in [4.69, 9.17) is 10.5 Å². The molecule has 0 spiro atoms. The standard InChI is InChI=1S/C13H23N3O2/c1-9(2)11-8-10(13(3,4)14)12(17)16(15-11)6-7-18-5/h8-9H,6-7,14H2,1-5H3. The third-order valence-corrected chi connectivity index (χ3v) is 2.79. The van der Waals surface area contributed by atoms with E-state index in [0.29, 0.717) is 18.7 Å². The molecule has 0 saturated heterocycles. The monoisotopic (exact) mass is 253 g/mol. The molecule has 1 heterocycles. The zero-order valence-corrected chi connectivity index (χ0v) is 11.9. The summed E-state index contributed by atoms with van der Waals surface area (Å²) in [7, 11) is 1.60. The van der Waals surface area contributed by atoms with Crippen molar-refractivity contribution in [2.75, 3.05) is 13.7 Å². The Bertz CT molecular complexity index is 458. The predicted molar refractivity (Wildman–Crippen MR) is 71.7 cm³/mol. The number of hydrogen-bond donors (Lipinski definition) is 1. The molecule has 1 rings (SSSR count). The molecule has 0 amide bonds. The summed E-state index contributed by atoms with van der Waals surface area (Å²) < 4.78 is 6.44. The van der Waals surface area contributed by atoms with Gasteiger partial charge in [-0.3, -0.25) is 4.79 Å². The van der Waals surface area contributed by atoms with Gasteiger partial charge in [-0.25, -0.2) is 4.68 Å². The first kappa shape index (κ1) is 14.9. The average molecular weight is 253 g/mol. The molecule has 0 saturated carbocycles. The van der Waals surface area contributed by atoms with Crippen LogP contribution in [0.4, 0.5) is 0 Å². The Kier molecular flexibility index (Phi) is 4.65. The minimum absolute atomic E-state index is 0.135. The van der Waals surface area contributed by atoms with Gasteiger partial charge in [-0.2, -0.15) is 5.10 Å². The quantitative estimate of drug-likeness (QED) is 0.856. The smallest absolute Gasteiger partial charge is 0.271 e. The Morgan fingerprint density at radius 2 is 2.11 bits per heavy atom. The molecule has 2 N–H and O–H groups in total. The molecule has 1 aromatic heterocycles. The fourth-order valence-corrected chi connectivity index (χ4v) is 1.64. The highest BCUT2D eigenvalue weighted by molar-refractivity contribution is 5.22. The zero-order chi connectivity index (χ0) is 13.9. The van der Waals surface area contributed by atoms with Crippen molar-refractivity contribution in [3.8, 4) is 0 Å².